The number of benzene rings is 2. The average molecular weight is 354 g/mol. The molecule has 1 atom stereocenters. The van der Waals surface area contributed by atoms with Crippen LogP contribution >= 0.6 is 0 Å². The van der Waals surface area contributed by atoms with Crippen LogP contribution in [0.5, 0.6) is 5.75 Å². The van der Waals surface area contributed by atoms with Crippen LogP contribution in [0, 0.1) is 0 Å². The number of hydrogen-bond donors (Lipinski definition) is 2. The Morgan fingerprint density at radius 3 is 2.42 bits per heavy atom. The third-order valence-electron chi connectivity index (χ3n) is 4.88. The fraction of sp³-hybridized carbons (Fsp3) is 0.350. The molecule has 6 heteroatoms. The molecule has 1 aliphatic rings. The lowest BCUT2D eigenvalue weighted by Crippen LogP contribution is -2.48. The van der Waals surface area contributed by atoms with Crippen molar-refractivity contribution in [3.63, 3.8) is 0 Å². The van der Waals surface area contributed by atoms with E-state index in [-0.39, 0.29) is 6.04 Å². The minimum Gasteiger partial charge on any atom is -0.495 e. The maximum Gasteiger partial charge on any atom is 0.249 e. The predicted molar refractivity (Wildman–Crippen MR) is 104 cm³/mol. The van der Waals surface area contributed by atoms with E-state index in [1.165, 1.54) is 0 Å². The van der Waals surface area contributed by atoms with Gasteiger partial charge in [0.1, 0.15) is 5.75 Å². The second kappa shape index (κ2) is 8.21. The standard InChI is InChI=1S/C20H26N4O2/c1-26-19-9-5-4-8-18(19)24-12-10-23(11-13-24)14-17(21)15-6-2-3-7-16(15)20(22)25/h2-9,17H,10-14,21H2,1H3,(H2,22,25). The molecular weight excluding hydrogens is 328 g/mol. The van der Waals surface area contributed by atoms with Crippen LogP contribution in [0.4, 0.5) is 5.69 Å². The van der Waals surface area contributed by atoms with E-state index >= 15 is 0 Å². The molecule has 1 fully saturated rings. The SMILES string of the molecule is COc1ccccc1N1CCN(CC(N)c2ccccc2C(N)=O)CC1. The lowest BCUT2D eigenvalue weighted by molar-refractivity contribution is 0.0998. The van der Waals surface area contributed by atoms with Gasteiger partial charge in [-0.1, -0.05) is 30.3 Å². The van der Waals surface area contributed by atoms with Gasteiger partial charge in [0.25, 0.3) is 0 Å². The zero-order valence-corrected chi connectivity index (χ0v) is 15.1. The minimum atomic E-state index is -0.433. The Labute approximate surface area is 154 Å². The van der Waals surface area contributed by atoms with Crippen molar-refractivity contribution >= 4 is 11.6 Å². The van der Waals surface area contributed by atoms with E-state index in [0.29, 0.717) is 12.1 Å². The maximum absolute atomic E-state index is 11.6. The Balaban J connectivity index is 1.62. The van der Waals surface area contributed by atoms with Gasteiger partial charge in [-0.2, -0.15) is 0 Å². The van der Waals surface area contributed by atoms with Crippen LogP contribution < -0.4 is 21.1 Å². The highest BCUT2D eigenvalue weighted by molar-refractivity contribution is 5.94. The topological polar surface area (TPSA) is 84.8 Å². The van der Waals surface area contributed by atoms with Gasteiger partial charge in [-0.15, -0.1) is 0 Å². The molecule has 1 amide bonds. The number of carbonyl (C=O) groups excluding carboxylic acids is 1. The van der Waals surface area contributed by atoms with Crippen LogP contribution in [-0.4, -0.2) is 50.6 Å². The van der Waals surface area contributed by atoms with Crippen molar-refractivity contribution < 1.29 is 9.53 Å². The quantitative estimate of drug-likeness (QED) is 0.823. The summed E-state index contributed by atoms with van der Waals surface area (Å²) in [6, 6.07) is 15.2. The first-order chi connectivity index (χ1) is 12.6. The third kappa shape index (κ3) is 3.98. The van der Waals surface area contributed by atoms with Gasteiger partial charge in [-0.25, -0.2) is 0 Å². The van der Waals surface area contributed by atoms with E-state index < -0.39 is 5.91 Å². The number of piperazine rings is 1. The summed E-state index contributed by atoms with van der Waals surface area (Å²) >= 11 is 0. The Bertz CT molecular complexity index is 757. The number of ether oxygens (including phenoxy) is 1. The first-order valence-corrected chi connectivity index (χ1v) is 8.84. The van der Waals surface area contributed by atoms with Crippen molar-refractivity contribution in [3.8, 4) is 5.75 Å². The van der Waals surface area contributed by atoms with E-state index in [4.69, 9.17) is 16.2 Å². The smallest absolute Gasteiger partial charge is 0.249 e. The molecule has 0 radical (unpaired) electrons. The number of nitrogens with zero attached hydrogens (tertiary/aromatic N) is 2. The van der Waals surface area contributed by atoms with Crippen molar-refractivity contribution in [2.45, 2.75) is 6.04 Å². The molecule has 2 aromatic carbocycles. The highest BCUT2D eigenvalue weighted by atomic mass is 16.5. The molecule has 0 saturated carbocycles. The summed E-state index contributed by atoms with van der Waals surface area (Å²) < 4.78 is 5.46. The molecule has 1 heterocycles. The van der Waals surface area contributed by atoms with Crippen molar-refractivity contribution in [2.75, 3.05) is 44.7 Å². The zero-order chi connectivity index (χ0) is 18.5. The lowest BCUT2D eigenvalue weighted by Gasteiger charge is -2.37. The van der Waals surface area contributed by atoms with Crippen LogP contribution in [0.1, 0.15) is 22.0 Å². The van der Waals surface area contributed by atoms with Gasteiger partial charge in [0.05, 0.1) is 12.8 Å². The number of para-hydroxylation sites is 2. The number of carbonyl (C=O) groups is 1. The molecule has 0 bridgehead atoms. The number of anilines is 1. The average Bonchev–Trinajstić information content (AvgIpc) is 2.68. The number of nitrogens with two attached hydrogens (primary N) is 2. The Morgan fingerprint density at radius 1 is 1.08 bits per heavy atom. The zero-order valence-electron chi connectivity index (χ0n) is 15.1. The monoisotopic (exact) mass is 354 g/mol. The van der Waals surface area contributed by atoms with Crippen LogP contribution in [0.3, 0.4) is 0 Å². The summed E-state index contributed by atoms with van der Waals surface area (Å²) in [5.41, 5.74) is 14.3. The molecule has 1 saturated heterocycles. The van der Waals surface area contributed by atoms with Crippen LogP contribution in [-0.2, 0) is 0 Å². The molecule has 0 aromatic heterocycles. The summed E-state index contributed by atoms with van der Waals surface area (Å²) in [5.74, 6) is 0.463. The number of primary amides is 1. The third-order valence-corrected chi connectivity index (χ3v) is 4.88. The van der Waals surface area contributed by atoms with Crippen molar-refractivity contribution in [1.82, 2.24) is 4.90 Å². The Morgan fingerprint density at radius 2 is 1.73 bits per heavy atom. The molecular formula is C20H26N4O2. The molecule has 0 aliphatic carbocycles. The van der Waals surface area contributed by atoms with Crippen LogP contribution in [0.15, 0.2) is 48.5 Å². The van der Waals surface area contributed by atoms with Gasteiger partial charge < -0.3 is 21.1 Å². The maximum atomic E-state index is 11.6. The molecule has 6 nitrogen and oxygen atoms in total. The van der Waals surface area contributed by atoms with Gasteiger partial charge in [0.2, 0.25) is 5.91 Å². The van der Waals surface area contributed by atoms with Crippen molar-refractivity contribution in [1.29, 1.82) is 0 Å². The number of hydrogen-bond acceptors (Lipinski definition) is 5. The van der Waals surface area contributed by atoms with E-state index in [1.54, 1.807) is 13.2 Å². The van der Waals surface area contributed by atoms with E-state index in [0.717, 1.165) is 43.2 Å². The number of rotatable bonds is 6. The number of amides is 1. The number of methoxy groups -OCH3 is 1. The van der Waals surface area contributed by atoms with Crippen molar-refractivity contribution in [3.05, 3.63) is 59.7 Å². The summed E-state index contributed by atoms with van der Waals surface area (Å²) in [5, 5.41) is 0. The largest absolute Gasteiger partial charge is 0.495 e. The first kappa shape index (κ1) is 18.2. The molecule has 2 aromatic rings. The summed E-state index contributed by atoms with van der Waals surface area (Å²) in [4.78, 5) is 16.3. The Kier molecular flexibility index (Phi) is 5.75. The van der Waals surface area contributed by atoms with Gasteiger partial charge in [-0.05, 0) is 23.8 Å². The van der Waals surface area contributed by atoms with Gasteiger partial charge >= 0.3 is 0 Å². The fourth-order valence-corrected chi connectivity index (χ4v) is 3.48. The summed E-state index contributed by atoms with van der Waals surface area (Å²) in [6.07, 6.45) is 0. The van der Waals surface area contributed by atoms with E-state index in [2.05, 4.69) is 15.9 Å². The summed E-state index contributed by atoms with van der Waals surface area (Å²) in [7, 11) is 1.70. The second-order valence-electron chi connectivity index (χ2n) is 6.52. The van der Waals surface area contributed by atoms with Crippen LogP contribution in [0.25, 0.3) is 0 Å². The minimum absolute atomic E-state index is 0.239. The van der Waals surface area contributed by atoms with Crippen LogP contribution in [0.2, 0.25) is 0 Å². The normalized spacial score (nSPS) is 16.3. The highest BCUT2D eigenvalue weighted by Crippen LogP contribution is 2.28. The molecule has 0 spiro atoms. The molecule has 1 unspecified atom stereocenters. The molecule has 26 heavy (non-hydrogen) atoms. The first-order valence-electron chi connectivity index (χ1n) is 8.84. The Hall–Kier alpha value is -2.57. The second-order valence-corrected chi connectivity index (χ2v) is 6.52. The van der Waals surface area contributed by atoms with Gasteiger partial charge in [-0.3, -0.25) is 9.69 Å². The molecule has 4 N–H and O–H groups in total. The molecule has 3 rings (SSSR count). The fourth-order valence-electron chi connectivity index (χ4n) is 3.48. The predicted octanol–water partition coefficient (Wildman–Crippen LogP) is 1.62. The van der Waals surface area contributed by atoms with E-state index in [9.17, 15) is 4.79 Å². The van der Waals surface area contributed by atoms with Crippen molar-refractivity contribution in [2.24, 2.45) is 11.5 Å². The molecule has 1 aliphatic heterocycles. The van der Waals surface area contributed by atoms with Gasteiger partial charge in [0, 0.05) is 44.3 Å². The lowest BCUT2D eigenvalue weighted by atomic mass is 10.00. The molecule has 138 valence electrons. The van der Waals surface area contributed by atoms with Gasteiger partial charge in [0.15, 0.2) is 0 Å². The highest BCUT2D eigenvalue weighted by Gasteiger charge is 2.22. The summed E-state index contributed by atoms with van der Waals surface area (Å²) in [6.45, 7) is 4.33. The van der Waals surface area contributed by atoms with E-state index in [1.807, 2.05) is 36.4 Å².